The van der Waals surface area contributed by atoms with E-state index in [1.807, 2.05) is 6.92 Å². The van der Waals surface area contributed by atoms with Crippen LogP contribution in [0.3, 0.4) is 0 Å². The Balaban J connectivity index is 2.19. The monoisotopic (exact) mass is 244 g/mol. The molecule has 0 aromatic heterocycles. The van der Waals surface area contributed by atoms with Crippen LogP contribution in [0.5, 0.6) is 0 Å². The fourth-order valence-electron chi connectivity index (χ4n) is 2.28. The van der Waals surface area contributed by atoms with E-state index in [0.29, 0.717) is 19.2 Å². The number of nitrogens with one attached hydrogen (secondary N) is 2. The molecule has 17 heavy (non-hydrogen) atoms. The first-order valence-electron chi connectivity index (χ1n) is 6.21. The van der Waals surface area contributed by atoms with Crippen LogP contribution in [-0.4, -0.2) is 51.5 Å². The average Bonchev–Trinajstić information content (AvgIpc) is 2.73. The minimum absolute atomic E-state index is 0.0105. The molecule has 3 unspecified atom stereocenters. The van der Waals surface area contributed by atoms with Gasteiger partial charge in [-0.3, -0.25) is 4.79 Å². The highest BCUT2D eigenvalue weighted by Gasteiger charge is 2.26. The molecular formula is C12H24N2O3. The topological polar surface area (TPSA) is 59.6 Å². The first-order chi connectivity index (χ1) is 8.17. The van der Waals surface area contributed by atoms with Gasteiger partial charge >= 0.3 is 0 Å². The quantitative estimate of drug-likeness (QED) is 0.676. The lowest BCUT2D eigenvalue weighted by molar-refractivity contribution is -0.121. The van der Waals surface area contributed by atoms with Crippen LogP contribution in [-0.2, 0) is 14.3 Å². The van der Waals surface area contributed by atoms with Crippen LogP contribution >= 0.6 is 0 Å². The largest absolute Gasteiger partial charge is 0.383 e. The lowest BCUT2D eigenvalue weighted by Gasteiger charge is -2.20. The smallest absolute Gasteiger partial charge is 0.234 e. The summed E-state index contributed by atoms with van der Waals surface area (Å²) in [6.07, 6.45) is 3.58. The van der Waals surface area contributed by atoms with E-state index in [1.165, 1.54) is 0 Å². The number of carbonyl (C=O) groups is 1. The maximum atomic E-state index is 11.6. The van der Waals surface area contributed by atoms with Crippen LogP contribution in [0.15, 0.2) is 0 Å². The molecule has 0 heterocycles. The van der Waals surface area contributed by atoms with Crippen molar-refractivity contribution in [3.8, 4) is 0 Å². The number of ether oxygens (including phenoxy) is 2. The Kier molecular flexibility index (Phi) is 6.47. The summed E-state index contributed by atoms with van der Waals surface area (Å²) in [6, 6.07) is 0.361. The van der Waals surface area contributed by atoms with Gasteiger partial charge in [0.15, 0.2) is 0 Å². The third-order valence-corrected chi connectivity index (χ3v) is 3.10. The Morgan fingerprint density at radius 2 is 2.18 bits per heavy atom. The van der Waals surface area contributed by atoms with E-state index >= 15 is 0 Å². The summed E-state index contributed by atoms with van der Waals surface area (Å²) in [5.41, 5.74) is 0. The third-order valence-electron chi connectivity index (χ3n) is 3.10. The Morgan fingerprint density at radius 3 is 2.82 bits per heavy atom. The number of methoxy groups -OCH3 is 2. The Labute approximate surface area is 103 Å². The van der Waals surface area contributed by atoms with Crippen molar-refractivity contribution in [3.63, 3.8) is 0 Å². The van der Waals surface area contributed by atoms with Gasteiger partial charge in [0.05, 0.1) is 19.3 Å². The SMILES string of the molecule is COCC(C)NC(=O)CNC1CCCC1OC. The molecule has 0 radical (unpaired) electrons. The van der Waals surface area contributed by atoms with Gasteiger partial charge in [0.25, 0.3) is 0 Å². The number of hydrogen-bond acceptors (Lipinski definition) is 4. The predicted molar refractivity (Wildman–Crippen MR) is 65.9 cm³/mol. The van der Waals surface area contributed by atoms with Crippen molar-refractivity contribution < 1.29 is 14.3 Å². The van der Waals surface area contributed by atoms with Crippen molar-refractivity contribution in [3.05, 3.63) is 0 Å². The van der Waals surface area contributed by atoms with Crippen LogP contribution in [0, 0.1) is 0 Å². The van der Waals surface area contributed by atoms with Gasteiger partial charge in [-0.15, -0.1) is 0 Å². The zero-order chi connectivity index (χ0) is 12.7. The minimum Gasteiger partial charge on any atom is -0.383 e. The van der Waals surface area contributed by atoms with E-state index in [0.717, 1.165) is 19.3 Å². The van der Waals surface area contributed by atoms with Gasteiger partial charge in [-0.05, 0) is 26.2 Å². The van der Waals surface area contributed by atoms with Crippen molar-refractivity contribution in [1.82, 2.24) is 10.6 Å². The molecule has 5 nitrogen and oxygen atoms in total. The predicted octanol–water partition coefficient (Wildman–Crippen LogP) is 0.295. The lowest BCUT2D eigenvalue weighted by atomic mass is 10.2. The molecule has 0 spiro atoms. The van der Waals surface area contributed by atoms with Crippen LogP contribution in [0.2, 0.25) is 0 Å². The normalized spacial score (nSPS) is 25.8. The van der Waals surface area contributed by atoms with E-state index in [-0.39, 0.29) is 18.1 Å². The highest BCUT2D eigenvalue weighted by Crippen LogP contribution is 2.21. The summed E-state index contributed by atoms with van der Waals surface area (Å²) in [5.74, 6) is 0.0105. The minimum atomic E-state index is 0.0105. The maximum Gasteiger partial charge on any atom is 0.234 e. The third kappa shape index (κ3) is 5.02. The highest BCUT2D eigenvalue weighted by atomic mass is 16.5. The highest BCUT2D eigenvalue weighted by molar-refractivity contribution is 5.78. The first-order valence-corrected chi connectivity index (χ1v) is 6.21. The number of hydrogen-bond donors (Lipinski definition) is 2. The van der Waals surface area contributed by atoms with E-state index in [4.69, 9.17) is 9.47 Å². The Bertz CT molecular complexity index is 236. The molecule has 0 aromatic carbocycles. The van der Waals surface area contributed by atoms with E-state index in [1.54, 1.807) is 14.2 Å². The van der Waals surface area contributed by atoms with Gasteiger partial charge in [-0.1, -0.05) is 0 Å². The summed E-state index contributed by atoms with van der Waals surface area (Å²) in [5, 5.41) is 6.12. The van der Waals surface area contributed by atoms with Crippen LogP contribution in [0.25, 0.3) is 0 Å². The molecule has 2 N–H and O–H groups in total. The summed E-state index contributed by atoms with van der Waals surface area (Å²) in [6.45, 7) is 2.81. The molecule has 100 valence electrons. The van der Waals surface area contributed by atoms with Gasteiger partial charge in [-0.2, -0.15) is 0 Å². The zero-order valence-electron chi connectivity index (χ0n) is 11.0. The standard InChI is InChI=1S/C12H24N2O3/c1-9(8-16-2)14-12(15)7-13-10-5-4-6-11(10)17-3/h9-11,13H,4-8H2,1-3H3,(H,14,15). The van der Waals surface area contributed by atoms with Gasteiger partial charge in [0.1, 0.15) is 0 Å². The molecular weight excluding hydrogens is 220 g/mol. The van der Waals surface area contributed by atoms with E-state index in [9.17, 15) is 4.79 Å². The number of amides is 1. The molecule has 1 aliphatic carbocycles. The number of rotatable bonds is 7. The van der Waals surface area contributed by atoms with Crippen LogP contribution < -0.4 is 10.6 Å². The van der Waals surface area contributed by atoms with Crippen LogP contribution in [0.1, 0.15) is 26.2 Å². The number of carbonyl (C=O) groups excluding carboxylic acids is 1. The van der Waals surface area contributed by atoms with Crippen LogP contribution in [0.4, 0.5) is 0 Å². The van der Waals surface area contributed by atoms with Crippen molar-refractivity contribution in [2.75, 3.05) is 27.4 Å². The lowest BCUT2D eigenvalue weighted by Crippen LogP contribution is -2.45. The average molecular weight is 244 g/mol. The fraction of sp³-hybridized carbons (Fsp3) is 0.917. The van der Waals surface area contributed by atoms with E-state index in [2.05, 4.69) is 10.6 Å². The summed E-state index contributed by atoms with van der Waals surface area (Å²) in [7, 11) is 3.36. The molecule has 1 fully saturated rings. The molecule has 0 saturated heterocycles. The molecule has 0 bridgehead atoms. The fourth-order valence-corrected chi connectivity index (χ4v) is 2.28. The maximum absolute atomic E-state index is 11.6. The van der Waals surface area contributed by atoms with Crippen molar-refractivity contribution >= 4 is 5.91 Å². The Hall–Kier alpha value is -0.650. The van der Waals surface area contributed by atoms with Crippen molar-refractivity contribution in [1.29, 1.82) is 0 Å². The van der Waals surface area contributed by atoms with Crippen molar-refractivity contribution in [2.45, 2.75) is 44.4 Å². The molecule has 0 aromatic rings. The van der Waals surface area contributed by atoms with Gasteiger partial charge in [0, 0.05) is 26.3 Å². The molecule has 1 rings (SSSR count). The molecule has 1 aliphatic rings. The molecule has 1 amide bonds. The van der Waals surface area contributed by atoms with Crippen molar-refractivity contribution in [2.24, 2.45) is 0 Å². The summed E-state index contributed by atoms with van der Waals surface area (Å²) in [4.78, 5) is 11.6. The molecule has 1 saturated carbocycles. The summed E-state index contributed by atoms with van der Waals surface area (Å²) < 4.78 is 10.3. The van der Waals surface area contributed by atoms with Gasteiger partial charge < -0.3 is 20.1 Å². The zero-order valence-corrected chi connectivity index (χ0v) is 11.0. The molecule has 0 aliphatic heterocycles. The second-order valence-electron chi connectivity index (χ2n) is 4.62. The van der Waals surface area contributed by atoms with Gasteiger partial charge in [-0.25, -0.2) is 0 Å². The second kappa shape index (κ2) is 7.63. The molecule has 3 atom stereocenters. The second-order valence-corrected chi connectivity index (χ2v) is 4.62. The molecule has 5 heteroatoms. The van der Waals surface area contributed by atoms with Gasteiger partial charge in [0.2, 0.25) is 5.91 Å². The summed E-state index contributed by atoms with van der Waals surface area (Å²) >= 11 is 0. The van der Waals surface area contributed by atoms with E-state index < -0.39 is 0 Å². The first kappa shape index (κ1) is 14.4. The Morgan fingerprint density at radius 1 is 1.41 bits per heavy atom.